The number of fused-ring (bicyclic) bond motifs is 1. The molecule has 44 heavy (non-hydrogen) atoms. The molecule has 1 saturated heterocycles. The van der Waals surface area contributed by atoms with Crippen LogP contribution in [-0.4, -0.2) is 67.9 Å². The fraction of sp³-hybridized carbons (Fsp3) is 0.529. The number of alkyl halides is 2. The first-order valence-electron chi connectivity index (χ1n) is 15.0. The zero-order chi connectivity index (χ0) is 32.2. The zero-order valence-electron chi connectivity index (χ0n) is 26.9. The average Bonchev–Trinajstić information content (AvgIpc) is 3.39. The van der Waals surface area contributed by atoms with Gasteiger partial charge in [0.15, 0.2) is 0 Å². The molecule has 10 heteroatoms. The molecule has 0 bridgehead atoms. The van der Waals surface area contributed by atoms with Crippen molar-refractivity contribution in [3.63, 3.8) is 0 Å². The van der Waals surface area contributed by atoms with Gasteiger partial charge in [0, 0.05) is 62.4 Å². The van der Waals surface area contributed by atoms with Gasteiger partial charge >= 0.3 is 12.1 Å². The number of piperidine rings is 1. The number of rotatable bonds is 6. The summed E-state index contributed by atoms with van der Waals surface area (Å²) in [7, 11) is 6.79. The number of benzene rings is 2. The summed E-state index contributed by atoms with van der Waals surface area (Å²) in [6, 6.07) is 9.12. The summed E-state index contributed by atoms with van der Waals surface area (Å²) >= 11 is 0. The van der Waals surface area contributed by atoms with Crippen molar-refractivity contribution in [2.75, 3.05) is 39.8 Å². The molecule has 1 atom stereocenters. The monoisotopic (exact) mass is 611 g/mol. The molecule has 1 aliphatic carbocycles. The van der Waals surface area contributed by atoms with Crippen LogP contribution in [-0.2, 0) is 16.0 Å². The predicted molar refractivity (Wildman–Crippen MR) is 166 cm³/mol. The predicted octanol–water partition coefficient (Wildman–Crippen LogP) is 7.35. The van der Waals surface area contributed by atoms with Crippen LogP contribution in [0.25, 0.3) is 10.9 Å². The molecule has 1 aliphatic heterocycles. The third-order valence-corrected chi connectivity index (χ3v) is 8.96. The summed E-state index contributed by atoms with van der Waals surface area (Å²) in [5, 5.41) is 0.871. The molecule has 1 aromatic heterocycles. The Labute approximate surface area is 257 Å². The molecule has 2 fully saturated rings. The molecule has 0 N–H and O–H groups in total. The highest BCUT2D eigenvalue weighted by Gasteiger charge is 2.58. The molecule has 3 aromatic rings. The maximum atomic E-state index is 14.3. The van der Waals surface area contributed by atoms with Crippen molar-refractivity contribution in [3.05, 3.63) is 58.8 Å². The van der Waals surface area contributed by atoms with Crippen molar-refractivity contribution in [1.29, 1.82) is 0 Å². The third kappa shape index (κ3) is 6.01. The first kappa shape index (κ1) is 31.8. The lowest BCUT2D eigenvalue weighted by Crippen LogP contribution is -2.53. The van der Waals surface area contributed by atoms with Crippen LogP contribution in [0.1, 0.15) is 79.5 Å². The maximum Gasteiger partial charge on any atom is 0.419 e. The lowest BCUT2D eigenvalue weighted by molar-refractivity contribution is -0.186. The first-order valence-corrected chi connectivity index (χ1v) is 15.0. The van der Waals surface area contributed by atoms with Gasteiger partial charge in [-0.3, -0.25) is 9.47 Å². The SMILES string of the molecule is COC(=O)c1ccc([C@H]2CC3(CCN2Cc2c(OC)cc(C)c4c2ccn4C(=O)OC(C)(C)C)CC(F)(F)C3)c(N(C)C)c1. The van der Waals surface area contributed by atoms with Crippen LogP contribution in [0, 0.1) is 12.3 Å². The minimum absolute atomic E-state index is 0.112. The van der Waals surface area contributed by atoms with E-state index in [1.54, 1.807) is 19.4 Å². The molecule has 1 saturated carbocycles. The quantitative estimate of drug-likeness (QED) is 0.270. The summed E-state index contributed by atoms with van der Waals surface area (Å²) in [5.41, 5.74) is 3.66. The van der Waals surface area contributed by atoms with E-state index in [-0.39, 0.29) is 18.9 Å². The van der Waals surface area contributed by atoms with Crippen LogP contribution in [0.2, 0.25) is 0 Å². The lowest BCUT2D eigenvalue weighted by atomic mass is 9.58. The molecule has 0 unspecified atom stereocenters. The van der Waals surface area contributed by atoms with Crippen molar-refractivity contribution >= 4 is 28.7 Å². The highest BCUT2D eigenvalue weighted by atomic mass is 19.3. The van der Waals surface area contributed by atoms with Crippen molar-refractivity contribution in [2.45, 2.75) is 77.5 Å². The molecule has 238 valence electrons. The summed E-state index contributed by atoms with van der Waals surface area (Å²) in [6.07, 6.45) is 2.27. The van der Waals surface area contributed by atoms with Crippen molar-refractivity contribution < 1.29 is 32.6 Å². The second-order valence-electron chi connectivity index (χ2n) is 13.6. The van der Waals surface area contributed by atoms with E-state index in [4.69, 9.17) is 14.2 Å². The minimum atomic E-state index is -2.64. The summed E-state index contributed by atoms with van der Waals surface area (Å²) in [4.78, 5) is 29.8. The highest BCUT2D eigenvalue weighted by Crippen LogP contribution is 2.61. The number of aryl methyl sites for hydroxylation is 1. The van der Waals surface area contributed by atoms with Gasteiger partial charge in [-0.2, -0.15) is 0 Å². The molecule has 2 heterocycles. The van der Waals surface area contributed by atoms with Crippen LogP contribution < -0.4 is 9.64 Å². The van der Waals surface area contributed by atoms with Gasteiger partial charge in [-0.05, 0) is 87.9 Å². The van der Waals surface area contributed by atoms with E-state index in [0.29, 0.717) is 37.2 Å². The number of carbonyl (C=O) groups excluding carboxylic acids is 2. The second-order valence-corrected chi connectivity index (χ2v) is 13.6. The van der Waals surface area contributed by atoms with E-state index in [0.717, 1.165) is 33.3 Å². The van der Waals surface area contributed by atoms with Crippen molar-refractivity contribution in [1.82, 2.24) is 9.47 Å². The Morgan fingerprint density at radius 1 is 1.09 bits per heavy atom. The number of ether oxygens (including phenoxy) is 3. The van der Waals surface area contributed by atoms with Gasteiger partial charge in [0.05, 0.1) is 25.3 Å². The van der Waals surface area contributed by atoms with E-state index >= 15 is 0 Å². The van der Waals surface area contributed by atoms with E-state index in [2.05, 4.69) is 4.90 Å². The van der Waals surface area contributed by atoms with Gasteiger partial charge in [0.1, 0.15) is 11.4 Å². The van der Waals surface area contributed by atoms with E-state index in [1.165, 1.54) is 11.7 Å². The van der Waals surface area contributed by atoms with E-state index < -0.39 is 29.0 Å². The number of nitrogens with zero attached hydrogens (tertiary/aromatic N) is 3. The Kier molecular flexibility index (Phi) is 8.20. The number of esters is 1. The van der Waals surface area contributed by atoms with Gasteiger partial charge in [-0.25, -0.2) is 18.4 Å². The number of halogens is 2. The number of likely N-dealkylation sites (tertiary alicyclic amines) is 1. The smallest absolute Gasteiger partial charge is 0.419 e. The normalized spacial score (nSPS) is 19.5. The van der Waals surface area contributed by atoms with Crippen LogP contribution in [0.5, 0.6) is 5.75 Å². The fourth-order valence-corrected chi connectivity index (χ4v) is 7.07. The van der Waals surface area contributed by atoms with Gasteiger partial charge in [-0.1, -0.05) is 6.07 Å². The first-order chi connectivity index (χ1) is 20.6. The van der Waals surface area contributed by atoms with Crippen molar-refractivity contribution in [2.24, 2.45) is 5.41 Å². The minimum Gasteiger partial charge on any atom is -0.496 e. The molecule has 1 spiro atoms. The molecule has 8 nitrogen and oxygen atoms in total. The van der Waals surface area contributed by atoms with Gasteiger partial charge in [-0.15, -0.1) is 0 Å². The average molecular weight is 612 g/mol. The summed E-state index contributed by atoms with van der Waals surface area (Å²) in [6.45, 7) is 8.52. The van der Waals surface area contributed by atoms with Crippen LogP contribution in [0.4, 0.5) is 19.3 Å². The topological polar surface area (TPSA) is 73.2 Å². The van der Waals surface area contributed by atoms with E-state index in [9.17, 15) is 18.4 Å². The van der Waals surface area contributed by atoms with Crippen LogP contribution >= 0.6 is 0 Å². The molecule has 2 aliphatic rings. The van der Waals surface area contributed by atoms with E-state index in [1.807, 2.05) is 71.0 Å². The number of aromatic nitrogens is 1. The molecule has 2 aromatic carbocycles. The molecule has 0 radical (unpaired) electrons. The number of methoxy groups -OCH3 is 2. The molecular formula is C34H43F2N3O5. The standard InChI is InChI=1S/C34H43F2N3O5/c1-21-15-28(42-7)25(23-11-13-39(29(21)23)31(41)44-32(2,3)4)18-38-14-12-33(19-34(35,36)20-33)17-27(38)24-10-9-22(30(40)43-8)16-26(24)37(5)6/h9-11,13,15-16,27H,12,14,17-20H2,1-8H3/t27-/m1/s1. The summed E-state index contributed by atoms with van der Waals surface area (Å²) < 4.78 is 46.6. The van der Waals surface area contributed by atoms with Crippen molar-refractivity contribution in [3.8, 4) is 5.75 Å². The molecule has 5 rings (SSSR count). The zero-order valence-corrected chi connectivity index (χ0v) is 26.9. The number of anilines is 1. The Morgan fingerprint density at radius 3 is 2.39 bits per heavy atom. The summed E-state index contributed by atoms with van der Waals surface area (Å²) in [5.74, 6) is -2.38. The Hall–Kier alpha value is -3.66. The number of hydrogen-bond donors (Lipinski definition) is 0. The van der Waals surface area contributed by atoms with Crippen LogP contribution in [0.3, 0.4) is 0 Å². The second kappa shape index (κ2) is 11.4. The molecule has 0 amide bonds. The number of hydrogen-bond acceptors (Lipinski definition) is 7. The number of carbonyl (C=O) groups is 2. The Balaban J connectivity index is 1.59. The Morgan fingerprint density at radius 2 is 1.80 bits per heavy atom. The third-order valence-electron chi connectivity index (χ3n) is 8.96. The highest BCUT2D eigenvalue weighted by molar-refractivity contribution is 5.95. The molecular weight excluding hydrogens is 568 g/mol. The lowest BCUT2D eigenvalue weighted by Gasteiger charge is -2.55. The fourth-order valence-electron chi connectivity index (χ4n) is 7.07. The Bertz CT molecular complexity index is 1580. The van der Waals surface area contributed by atoms with Gasteiger partial charge < -0.3 is 19.1 Å². The van der Waals surface area contributed by atoms with Crippen LogP contribution in [0.15, 0.2) is 36.5 Å². The van der Waals surface area contributed by atoms with Gasteiger partial charge in [0.25, 0.3) is 0 Å². The van der Waals surface area contributed by atoms with Gasteiger partial charge in [0.2, 0.25) is 5.92 Å². The largest absolute Gasteiger partial charge is 0.496 e. The maximum absolute atomic E-state index is 14.3.